The maximum absolute atomic E-state index is 10.9. The van der Waals surface area contributed by atoms with Crippen LogP contribution in [-0.2, 0) is 0 Å². The van der Waals surface area contributed by atoms with E-state index in [-0.39, 0.29) is 5.75 Å². The molecule has 0 radical (unpaired) electrons. The molecule has 0 atom stereocenters. The van der Waals surface area contributed by atoms with Crippen LogP contribution in [0.25, 0.3) is 10.2 Å². The van der Waals surface area contributed by atoms with Crippen LogP contribution in [0.2, 0.25) is 0 Å². The van der Waals surface area contributed by atoms with Gasteiger partial charge in [0.05, 0.1) is 10.2 Å². The summed E-state index contributed by atoms with van der Waals surface area (Å²) < 4.78 is 0.777. The van der Waals surface area contributed by atoms with E-state index in [1.54, 1.807) is 6.07 Å². The first-order chi connectivity index (χ1) is 5.79. The monoisotopic (exact) mass is 175 g/mol. The van der Waals surface area contributed by atoms with Crippen molar-refractivity contribution in [2.24, 2.45) is 0 Å². The Labute approximate surface area is 72.5 Å². The third-order valence-corrected chi connectivity index (χ3v) is 2.38. The van der Waals surface area contributed by atoms with Gasteiger partial charge in [-0.25, -0.2) is 4.98 Å². The Hall–Kier alpha value is -1.60. The molecule has 0 saturated heterocycles. The standard InChI is InChI=1S/C8H4N2OS/c9-4-8-10-6-2-1-5(11)3-7(6)12-8/h1-3,11H/p-1. The Morgan fingerprint density at radius 1 is 1.50 bits per heavy atom. The molecule has 0 aliphatic heterocycles. The molecule has 0 unspecified atom stereocenters. The minimum absolute atomic E-state index is 0.0457. The SMILES string of the molecule is N#Cc1nc2ccc([O-])cc2s1. The highest BCUT2D eigenvalue weighted by molar-refractivity contribution is 7.19. The lowest BCUT2D eigenvalue weighted by atomic mass is 10.3. The molecule has 0 aliphatic carbocycles. The molecule has 0 N–H and O–H groups in total. The van der Waals surface area contributed by atoms with E-state index >= 15 is 0 Å². The molecule has 4 heteroatoms. The Morgan fingerprint density at radius 2 is 2.33 bits per heavy atom. The van der Waals surface area contributed by atoms with Crippen LogP contribution in [0.5, 0.6) is 5.75 Å². The Kier molecular flexibility index (Phi) is 1.45. The number of hydrogen-bond donors (Lipinski definition) is 0. The van der Waals surface area contributed by atoms with Crippen LogP contribution in [0, 0.1) is 11.3 Å². The van der Waals surface area contributed by atoms with Crippen molar-refractivity contribution in [3.05, 3.63) is 23.2 Å². The quantitative estimate of drug-likeness (QED) is 0.605. The molecule has 58 valence electrons. The van der Waals surface area contributed by atoms with Gasteiger partial charge in [0, 0.05) is 0 Å². The van der Waals surface area contributed by atoms with Crippen molar-refractivity contribution in [3.8, 4) is 11.8 Å². The maximum atomic E-state index is 10.9. The third kappa shape index (κ3) is 1.00. The summed E-state index contributed by atoms with van der Waals surface area (Å²) in [5.41, 5.74) is 0.719. The van der Waals surface area contributed by atoms with Crippen molar-refractivity contribution in [1.29, 1.82) is 5.26 Å². The van der Waals surface area contributed by atoms with Crippen molar-refractivity contribution in [3.63, 3.8) is 0 Å². The van der Waals surface area contributed by atoms with Gasteiger partial charge in [-0.15, -0.1) is 17.1 Å². The molecule has 3 nitrogen and oxygen atoms in total. The first kappa shape index (κ1) is 7.07. The van der Waals surface area contributed by atoms with Crippen molar-refractivity contribution in [1.82, 2.24) is 4.98 Å². The maximum Gasteiger partial charge on any atom is 0.195 e. The minimum atomic E-state index is -0.0457. The van der Waals surface area contributed by atoms with Crippen molar-refractivity contribution >= 4 is 21.6 Å². The molecule has 1 aromatic heterocycles. The fraction of sp³-hybridized carbons (Fsp3) is 0. The van der Waals surface area contributed by atoms with Crippen LogP contribution in [0.3, 0.4) is 0 Å². The van der Waals surface area contributed by atoms with E-state index in [2.05, 4.69) is 4.98 Å². The van der Waals surface area contributed by atoms with E-state index in [9.17, 15) is 5.11 Å². The topological polar surface area (TPSA) is 59.7 Å². The summed E-state index contributed by atoms with van der Waals surface area (Å²) in [4.78, 5) is 3.99. The molecule has 1 aromatic carbocycles. The first-order valence-corrected chi connectivity index (χ1v) is 4.09. The molecular formula is C8H3N2OS-. The second kappa shape index (κ2) is 2.47. The molecular weight excluding hydrogens is 172 g/mol. The Morgan fingerprint density at radius 3 is 3.08 bits per heavy atom. The molecule has 1 heterocycles. The van der Waals surface area contributed by atoms with E-state index < -0.39 is 0 Å². The average molecular weight is 175 g/mol. The number of benzene rings is 1. The van der Waals surface area contributed by atoms with Gasteiger partial charge in [-0.05, 0) is 6.07 Å². The van der Waals surface area contributed by atoms with Gasteiger partial charge in [0.2, 0.25) is 0 Å². The molecule has 0 fully saturated rings. The average Bonchev–Trinajstić information content (AvgIpc) is 2.46. The zero-order valence-electron chi connectivity index (χ0n) is 5.94. The first-order valence-electron chi connectivity index (χ1n) is 3.27. The fourth-order valence-corrected chi connectivity index (χ4v) is 1.74. The zero-order chi connectivity index (χ0) is 8.55. The number of thiazole rings is 1. The van der Waals surface area contributed by atoms with E-state index in [1.165, 1.54) is 23.5 Å². The summed E-state index contributed by atoms with van der Waals surface area (Å²) in [6, 6.07) is 6.52. The lowest BCUT2D eigenvalue weighted by Gasteiger charge is -2.00. The molecule has 0 saturated carbocycles. The second-order valence-electron chi connectivity index (χ2n) is 2.26. The van der Waals surface area contributed by atoms with Crippen molar-refractivity contribution < 1.29 is 5.11 Å². The fourth-order valence-electron chi connectivity index (χ4n) is 0.953. The number of nitrogens with zero attached hydrogens (tertiary/aromatic N) is 2. The summed E-state index contributed by atoms with van der Waals surface area (Å²) in [5, 5.41) is 19.8. The van der Waals surface area contributed by atoms with Crippen LogP contribution >= 0.6 is 11.3 Å². The summed E-state index contributed by atoms with van der Waals surface area (Å²) in [5.74, 6) is -0.0457. The van der Waals surface area contributed by atoms with Gasteiger partial charge < -0.3 is 5.11 Å². The van der Waals surface area contributed by atoms with Gasteiger partial charge in [0.25, 0.3) is 0 Å². The Bertz CT molecular complexity index is 469. The van der Waals surface area contributed by atoms with Gasteiger partial charge in [-0.3, -0.25) is 0 Å². The van der Waals surface area contributed by atoms with Crippen LogP contribution in [-0.4, -0.2) is 4.98 Å². The van der Waals surface area contributed by atoms with Gasteiger partial charge in [-0.1, -0.05) is 12.1 Å². The largest absolute Gasteiger partial charge is 0.872 e. The summed E-state index contributed by atoms with van der Waals surface area (Å²) >= 11 is 1.24. The molecule has 0 bridgehead atoms. The zero-order valence-corrected chi connectivity index (χ0v) is 6.76. The van der Waals surface area contributed by atoms with Gasteiger partial charge in [-0.2, -0.15) is 5.26 Å². The van der Waals surface area contributed by atoms with Crippen LogP contribution in [0.15, 0.2) is 18.2 Å². The molecule has 2 aromatic rings. The van der Waals surface area contributed by atoms with E-state index in [1.807, 2.05) is 6.07 Å². The second-order valence-corrected chi connectivity index (χ2v) is 3.29. The third-order valence-electron chi connectivity index (χ3n) is 1.46. The van der Waals surface area contributed by atoms with Crippen LogP contribution < -0.4 is 5.11 Å². The highest BCUT2D eigenvalue weighted by Crippen LogP contribution is 2.23. The number of nitriles is 1. The predicted molar refractivity (Wildman–Crippen MR) is 43.8 cm³/mol. The molecule has 0 spiro atoms. The van der Waals surface area contributed by atoms with Gasteiger partial charge in [0.1, 0.15) is 6.07 Å². The number of hydrogen-bond acceptors (Lipinski definition) is 4. The summed E-state index contributed by atoms with van der Waals surface area (Å²) in [6.07, 6.45) is 0. The van der Waals surface area contributed by atoms with Crippen molar-refractivity contribution in [2.75, 3.05) is 0 Å². The van der Waals surface area contributed by atoms with Gasteiger partial charge in [0.15, 0.2) is 5.01 Å². The van der Waals surface area contributed by atoms with Crippen LogP contribution in [0.4, 0.5) is 0 Å². The lowest BCUT2D eigenvalue weighted by molar-refractivity contribution is -0.268. The molecule has 2 rings (SSSR count). The Balaban J connectivity index is 2.77. The normalized spacial score (nSPS) is 9.92. The molecule has 12 heavy (non-hydrogen) atoms. The van der Waals surface area contributed by atoms with Crippen LogP contribution in [0.1, 0.15) is 5.01 Å². The molecule has 0 aliphatic rings. The predicted octanol–water partition coefficient (Wildman–Crippen LogP) is 1.24. The number of aromatic nitrogens is 1. The smallest absolute Gasteiger partial charge is 0.195 e. The highest BCUT2D eigenvalue weighted by Gasteiger charge is 2.00. The summed E-state index contributed by atoms with van der Waals surface area (Å²) in [6.45, 7) is 0. The number of fused-ring (bicyclic) bond motifs is 1. The van der Waals surface area contributed by atoms with E-state index in [4.69, 9.17) is 5.26 Å². The van der Waals surface area contributed by atoms with E-state index in [0.717, 1.165) is 10.2 Å². The highest BCUT2D eigenvalue weighted by atomic mass is 32.1. The van der Waals surface area contributed by atoms with Crippen molar-refractivity contribution in [2.45, 2.75) is 0 Å². The molecule has 0 amide bonds. The van der Waals surface area contributed by atoms with E-state index in [0.29, 0.717) is 5.01 Å². The van der Waals surface area contributed by atoms with Gasteiger partial charge >= 0.3 is 0 Å². The summed E-state index contributed by atoms with van der Waals surface area (Å²) in [7, 11) is 0. The number of rotatable bonds is 0. The minimum Gasteiger partial charge on any atom is -0.872 e. The lowest BCUT2D eigenvalue weighted by Crippen LogP contribution is -1.86.